The van der Waals surface area contributed by atoms with E-state index in [9.17, 15) is 0 Å². The van der Waals surface area contributed by atoms with Gasteiger partial charge in [-0.15, -0.1) is 0 Å². The van der Waals surface area contributed by atoms with Crippen LogP contribution in [0.3, 0.4) is 0 Å². The van der Waals surface area contributed by atoms with Gasteiger partial charge in [0.25, 0.3) is 0 Å². The molecule has 0 fully saturated rings. The molecule has 0 unspecified atom stereocenters. The molecule has 2 aromatic carbocycles. The van der Waals surface area contributed by atoms with Gasteiger partial charge in [-0.2, -0.15) is 5.26 Å². The molecule has 0 aliphatic heterocycles. The fraction of sp³-hybridized carbons (Fsp3) is 0.278. The van der Waals surface area contributed by atoms with E-state index in [0.29, 0.717) is 5.56 Å². The highest BCUT2D eigenvalue weighted by molar-refractivity contribution is 5.54. The van der Waals surface area contributed by atoms with Crippen LogP contribution >= 0.6 is 0 Å². The van der Waals surface area contributed by atoms with Gasteiger partial charge in [0.1, 0.15) is 0 Å². The van der Waals surface area contributed by atoms with Crippen molar-refractivity contribution in [2.75, 3.05) is 5.32 Å². The smallest absolute Gasteiger partial charge is 0.0991 e. The van der Waals surface area contributed by atoms with E-state index in [-0.39, 0.29) is 5.41 Å². The number of nitriles is 1. The van der Waals surface area contributed by atoms with Crippen LogP contribution in [-0.4, -0.2) is 0 Å². The number of hydrogen-bond donors (Lipinski definition) is 1. The van der Waals surface area contributed by atoms with E-state index in [2.05, 4.69) is 50.4 Å². The molecule has 0 aliphatic carbocycles. The van der Waals surface area contributed by atoms with Gasteiger partial charge in [0.15, 0.2) is 0 Å². The van der Waals surface area contributed by atoms with Crippen molar-refractivity contribution in [3.63, 3.8) is 0 Å². The Morgan fingerprint density at radius 2 is 1.80 bits per heavy atom. The van der Waals surface area contributed by atoms with E-state index < -0.39 is 0 Å². The second kappa shape index (κ2) is 5.79. The predicted octanol–water partition coefficient (Wildman–Crippen LogP) is 4.47. The van der Waals surface area contributed by atoms with Gasteiger partial charge in [0.2, 0.25) is 0 Å². The third kappa shape index (κ3) is 3.39. The first kappa shape index (κ1) is 14.1. The molecular formula is C18H20N2. The molecule has 0 atom stereocenters. The van der Waals surface area contributed by atoms with E-state index in [1.807, 2.05) is 30.3 Å². The fourth-order valence-electron chi connectivity index (χ4n) is 2.24. The first-order chi connectivity index (χ1) is 9.50. The van der Waals surface area contributed by atoms with Crippen LogP contribution in [0, 0.1) is 11.3 Å². The van der Waals surface area contributed by atoms with Crippen molar-refractivity contribution in [3.05, 3.63) is 65.2 Å². The third-order valence-corrected chi connectivity index (χ3v) is 3.27. The van der Waals surface area contributed by atoms with Gasteiger partial charge in [-0.25, -0.2) is 0 Å². The summed E-state index contributed by atoms with van der Waals surface area (Å²) in [5.41, 5.74) is 4.39. The van der Waals surface area contributed by atoms with Gasteiger partial charge >= 0.3 is 0 Å². The van der Waals surface area contributed by atoms with Crippen molar-refractivity contribution in [2.45, 2.75) is 32.7 Å². The lowest BCUT2D eigenvalue weighted by Gasteiger charge is -2.23. The quantitative estimate of drug-likeness (QED) is 0.888. The van der Waals surface area contributed by atoms with Crippen LogP contribution in [-0.2, 0) is 12.0 Å². The summed E-state index contributed by atoms with van der Waals surface area (Å²) in [7, 11) is 0. The van der Waals surface area contributed by atoms with E-state index in [4.69, 9.17) is 5.26 Å². The third-order valence-electron chi connectivity index (χ3n) is 3.27. The number of nitrogens with zero attached hydrogens (tertiary/aromatic N) is 1. The lowest BCUT2D eigenvalue weighted by atomic mass is 9.86. The molecule has 102 valence electrons. The highest BCUT2D eigenvalue weighted by atomic mass is 14.9. The van der Waals surface area contributed by atoms with Gasteiger partial charge in [0, 0.05) is 12.2 Å². The van der Waals surface area contributed by atoms with Gasteiger partial charge in [-0.1, -0.05) is 51.1 Å². The Balaban J connectivity index is 2.17. The summed E-state index contributed by atoms with van der Waals surface area (Å²) in [5, 5.41) is 12.4. The van der Waals surface area contributed by atoms with E-state index in [1.54, 1.807) is 0 Å². The standard InChI is InChI=1S/C18H20N2/c1-18(2,3)16-9-4-5-10-17(16)20-13-15-8-6-7-14(11-15)12-19/h4-11,20H,13H2,1-3H3. The van der Waals surface area contributed by atoms with Crippen molar-refractivity contribution in [1.82, 2.24) is 0 Å². The molecule has 0 aliphatic rings. The van der Waals surface area contributed by atoms with E-state index in [1.165, 1.54) is 5.56 Å². The maximum absolute atomic E-state index is 8.93. The summed E-state index contributed by atoms with van der Waals surface area (Å²) in [6.45, 7) is 7.36. The molecule has 0 spiro atoms. The number of anilines is 1. The maximum atomic E-state index is 8.93. The summed E-state index contributed by atoms with van der Waals surface area (Å²) in [5.74, 6) is 0. The highest BCUT2D eigenvalue weighted by Crippen LogP contribution is 2.29. The van der Waals surface area contributed by atoms with Crippen LogP contribution in [0.25, 0.3) is 0 Å². The molecule has 0 saturated carbocycles. The average molecular weight is 264 g/mol. The van der Waals surface area contributed by atoms with Gasteiger partial charge in [-0.3, -0.25) is 0 Å². The van der Waals surface area contributed by atoms with Crippen LogP contribution in [0.15, 0.2) is 48.5 Å². The van der Waals surface area contributed by atoms with Gasteiger partial charge in [-0.05, 0) is 34.7 Å². The summed E-state index contributed by atoms with van der Waals surface area (Å²) in [6, 6.07) is 18.3. The van der Waals surface area contributed by atoms with Crippen molar-refractivity contribution in [3.8, 4) is 6.07 Å². The molecule has 0 saturated heterocycles. The molecule has 0 radical (unpaired) electrons. The number of nitrogens with one attached hydrogen (secondary N) is 1. The minimum absolute atomic E-state index is 0.109. The topological polar surface area (TPSA) is 35.8 Å². The largest absolute Gasteiger partial charge is 0.381 e. The second-order valence-electron chi connectivity index (χ2n) is 5.96. The monoisotopic (exact) mass is 264 g/mol. The zero-order valence-electron chi connectivity index (χ0n) is 12.3. The maximum Gasteiger partial charge on any atom is 0.0991 e. The minimum atomic E-state index is 0.109. The molecule has 0 bridgehead atoms. The molecule has 0 heterocycles. The normalized spacial score (nSPS) is 10.9. The molecule has 20 heavy (non-hydrogen) atoms. The van der Waals surface area contributed by atoms with Gasteiger partial charge < -0.3 is 5.32 Å². The first-order valence-electron chi connectivity index (χ1n) is 6.83. The van der Waals surface area contributed by atoms with Crippen LogP contribution in [0.1, 0.15) is 37.5 Å². The Morgan fingerprint density at radius 1 is 1.05 bits per heavy atom. The van der Waals surface area contributed by atoms with Crippen molar-refractivity contribution >= 4 is 5.69 Å². The average Bonchev–Trinajstić information content (AvgIpc) is 2.44. The molecule has 2 heteroatoms. The number of para-hydroxylation sites is 1. The SMILES string of the molecule is CC(C)(C)c1ccccc1NCc1cccc(C#N)c1. The lowest BCUT2D eigenvalue weighted by Crippen LogP contribution is -2.14. The van der Waals surface area contributed by atoms with Crippen LogP contribution in [0.5, 0.6) is 0 Å². The van der Waals surface area contributed by atoms with E-state index in [0.717, 1.165) is 17.8 Å². The molecule has 0 amide bonds. The number of hydrogen-bond acceptors (Lipinski definition) is 2. The van der Waals surface area contributed by atoms with Crippen LogP contribution in [0.2, 0.25) is 0 Å². The molecule has 1 N–H and O–H groups in total. The van der Waals surface area contributed by atoms with E-state index >= 15 is 0 Å². The van der Waals surface area contributed by atoms with Crippen molar-refractivity contribution < 1.29 is 0 Å². The second-order valence-corrected chi connectivity index (χ2v) is 5.96. The fourth-order valence-corrected chi connectivity index (χ4v) is 2.24. The lowest BCUT2D eigenvalue weighted by molar-refractivity contribution is 0.591. The Labute approximate surface area is 121 Å². The van der Waals surface area contributed by atoms with Crippen LogP contribution in [0.4, 0.5) is 5.69 Å². The number of rotatable bonds is 3. The molecule has 2 nitrogen and oxygen atoms in total. The zero-order valence-corrected chi connectivity index (χ0v) is 12.3. The van der Waals surface area contributed by atoms with Crippen molar-refractivity contribution in [2.24, 2.45) is 0 Å². The summed E-state index contributed by atoms with van der Waals surface area (Å²) in [6.07, 6.45) is 0. The molecule has 2 aromatic rings. The van der Waals surface area contributed by atoms with Gasteiger partial charge in [0.05, 0.1) is 11.6 Å². The van der Waals surface area contributed by atoms with Crippen LogP contribution < -0.4 is 5.32 Å². The Bertz CT molecular complexity index is 630. The molecule has 0 aromatic heterocycles. The first-order valence-corrected chi connectivity index (χ1v) is 6.83. The zero-order chi connectivity index (χ0) is 14.6. The summed E-state index contributed by atoms with van der Waals surface area (Å²) >= 11 is 0. The Hall–Kier alpha value is -2.27. The molecular weight excluding hydrogens is 244 g/mol. The summed E-state index contributed by atoms with van der Waals surface area (Å²) in [4.78, 5) is 0. The number of benzene rings is 2. The summed E-state index contributed by atoms with van der Waals surface area (Å²) < 4.78 is 0. The Morgan fingerprint density at radius 3 is 2.50 bits per heavy atom. The molecule has 2 rings (SSSR count). The highest BCUT2D eigenvalue weighted by Gasteiger charge is 2.16. The Kier molecular flexibility index (Phi) is 4.10. The minimum Gasteiger partial charge on any atom is -0.381 e. The predicted molar refractivity (Wildman–Crippen MR) is 83.6 cm³/mol. The van der Waals surface area contributed by atoms with Crippen molar-refractivity contribution in [1.29, 1.82) is 5.26 Å².